The van der Waals surface area contributed by atoms with Crippen molar-refractivity contribution in [2.75, 3.05) is 0 Å². The molecule has 1 aliphatic rings. The molecule has 100 valence electrons. The molecule has 2 nitrogen and oxygen atoms in total. The molecule has 3 unspecified atom stereocenters. The highest BCUT2D eigenvalue weighted by molar-refractivity contribution is 9.10. The maximum atomic E-state index is 13.7. The molecule has 0 bridgehead atoms. The number of rotatable bonds is 3. The zero-order valence-electron chi connectivity index (χ0n) is 10.5. The minimum atomic E-state index is -0.735. The van der Waals surface area contributed by atoms with Crippen molar-refractivity contribution in [1.82, 2.24) is 5.32 Å². The molecule has 1 heterocycles. The van der Waals surface area contributed by atoms with Crippen LogP contribution >= 0.6 is 15.9 Å². The summed E-state index contributed by atoms with van der Waals surface area (Å²) >= 11 is 3.22. The molecule has 2 N–H and O–H groups in total. The van der Waals surface area contributed by atoms with E-state index in [0.29, 0.717) is 22.5 Å². The van der Waals surface area contributed by atoms with Gasteiger partial charge in [0.15, 0.2) is 0 Å². The Morgan fingerprint density at radius 3 is 2.94 bits per heavy atom. The van der Waals surface area contributed by atoms with Crippen LogP contribution in [0.3, 0.4) is 0 Å². The van der Waals surface area contributed by atoms with Crippen LogP contribution in [0.1, 0.15) is 44.3 Å². The summed E-state index contributed by atoms with van der Waals surface area (Å²) in [5.74, 6) is -0.347. The van der Waals surface area contributed by atoms with Crippen LogP contribution in [0.2, 0.25) is 0 Å². The van der Waals surface area contributed by atoms with Crippen LogP contribution in [0, 0.1) is 5.82 Å². The summed E-state index contributed by atoms with van der Waals surface area (Å²) < 4.78 is 14.4. The first kappa shape index (κ1) is 14.0. The van der Waals surface area contributed by atoms with E-state index in [4.69, 9.17) is 0 Å². The fourth-order valence-electron chi connectivity index (χ4n) is 2.59. The molecule has 0 saturated carbocycles. The molecule has 1 aromatic rings. The second-order valence-corrected chi connectivity index (χ2v) is 6.03. The van der Waals surface area contributed by atoms with E-state index in [2.05, 4.69) is 28.2 Å². The maximum absolute atomic E-state index is 13.7. The van der Waals surface area contributed by atoms with E-state index < -0.39 is 6.10 Å². The standard InChI is InChI=1S/C14H19BrFNO/c1-9-3-2-4-11(17-9)8-14(18)12-6-5-10(15)7-13(12)16/h5-7,9,11,14,17-18H,2-4,8H2,1H3. The average Bonchev–Trinajstić information content (AvgIpc) is 2.28. The topological polar surface area (TPSA) is 32.3 Å². The Hall–Kier alpha value is -0.450. The predicted octanol–water partition coefficient (Wildman–Crippen LogP) is 3.54. The van der Waals surface area contributed by atoms with Gasteiger partial charge in [-0.25, -0.2) is 4.39 Å². The summed E-state index contributed by atoms with van der Waals surface area (Å²) in [6.07, 6.45) is 3.25. The van der Waals surface area contributed by atoms with E-state index in [-0.39, 0.29) is 11.9 Å². The number of aliphatic hydroxyl groups is 1. The quantitative estimate of drug-likeness (QED) is 0.894. The third-order valence-electron chi connectivity index (χ3n) is 3.54. The van der Waals surface area contributed by atoms with Crippen molar-refractivity contribution in [1.29, 1.82) is 0 Å². The van der Waals surface area contributed by atoms with Gasteiger partial charge in [-0.2, -0.15) is 0 Å². The second-order valence-electron chi connectivity index (χ2n) is 5.11. The Morgan fingerprint density at radius 1 is 1.50 bits per heavy atom. The first-order valence-electron chi connectivity index (χ1n) is 6.45. The molecule has 1 saturated heterocycles. The monoisotopic (exact) mass is 315 g/mol. The van der Waals surface area contributed by atoms with Crippen LogP contribution in [-0.2, 0) is 0 Å². The third kappa shape index (κ3) is 3.53. The Bertz CT molecular complexity index is 413. The van der Waals surface area contributed by atoms with Crippen molar-refractivity contribution in [3.05, 3.63) is 34.1 Å². The van der Waals surface area contributed by atoms with Crippen LogP contribution in [0.15, 0.2) is 22.7 Å². The van der Waals surface area contributed by atoms with Crippen LogP contribution in [-0.4, -0.2) is 17.2 Å². The van der Waals surface area contributed by atoms with E-state index in [1.807, 2.05) is 0 Å². The minimum absolute atomic E-state index is 0.284. The lowest BCUT2D eigenvalue weighted by Gasteiger charge is -2.30. The highest BCUT2D eigenvalue weighted by atomic mass is 79.9. The molecule has 18 heavy (non-hydrogen) atoms. The molecule has 0 amide bonds. The highest BCUT2D eigenvalue weighted by Crippen LogP contribution is 2.26. The van der Waals surface area contributed by atoms with Gasteiger partial charge in [-0.1, -0.05) is 28.4 Å². The molecular weight excluding hydrogens is 297 g/mol. The molecule has 3 atom stereocenters. The van der Waals surface area contributed by atoms with Gasteiger partial charge in [0, 0.05) is 22.1 Å². The first-order chi connectivity index (χ1) is 8.56. The summed E-state index contributed by atoms with van der Waals surface area (Å²) in [5, 5.41) is 13.6. The molecule has 1 aliphatic heterocycles. The lowest BCUT2D eigenvalue weighted by molar-refractivity contribution is 0.135. The van der Waals surface area contributed by atoms with Gasteiger partial charge in [-0.3, -0.25) is 0 Å². The molecule has 1 fully saturated rings. The van der Waals surface area contributed by atoms with Gasteiger partial charge in [0.1, 0.15) is 5.82 Å². The molecule has 0 spiro atoms. The smallest absolute Gasteiger partial charge is 0.130 e. The Morgan fingerprint density at radius 2 is 2.28 bits per heavy atom. The number of nitrogens with one attached hydrogen (secondary N) is 1. The highest BCUT2D eigenvalue weighted by Gasteiger charge is 2.22. The second kappa shape index (κ2) is 6.13. The van der Waals surface area contributed by atoms with E-state index in [1.54, 1.807) is 12.1 Å². The van der Waals surface area contributed by atoms with E-state index >= 15 is 0 Å². The fraction of sp³-hybridized carbons (Fsp3) is 0.571. The van der Waals surface area contributed by atoms with E-state index in [0.717, 1.165) is 6.42 Å². The Kier molecular flexibility index (Phi) is 4.76. The van der Waals surface area contributed by atoms with Crippen molar-refractivity contribution in [3.8, 4) is 0 Å². The lowest BCUT2D eigenvalue weighted by atomic mass is 9.93. The fourth-order valence-corrected chi connectivity index (χ4v) is 2.93. The molecule has 0 radical (unpaired) electrons. The van der Waals surface area contributed by atoms with Crippen molar-refractivity contribution in [3.63, 3.8) is 0 Å². The van der Waals surface area contributed by atoms with Crippen molar-refractivity contribution >= 4 is 15.9 Å². The zero-order valence-corrected chi connectivity index (χ0v) is 12.1. The average molecular weight is 316 g/mol. The van der Waals surface area contributed by atoms with Gasteiger partial charge in [0.25, 0.3) is 0 Å². The van der Waals surface area contributed by atoms with Crippen molar-refractivity contribution < 1.29 is 9.50 Å². The number of aliphatic hydroxyl groups excluding tert-OH is 1. The Labute approximate surface area is 116 Å². The minimum Gasteiger partial charge on any atom is -0.388 e. The Balaban J connectivity index is 2.00. The molecule has 1 aromatic carbocycles. The SMILES string of the molecule is CC1CCCC(CC(O)c2ccc(Br)cc2F)N1. The van der Waals surface area contributed by atoms with Gasteiger partial charge in [-0.15, -0.1) is 0 Å². The molecular formula is C14H19BrFNO. The van der Waals surface area contributed by atoms with E-state index in [9.17, 15) is 9.50 Å². The first-order valence-corrected chi connectivity index (χ1v) is 7.24. The van der Waals surface area contributed by atoms with Crippen LogP contribution in [0.25, 0.3) is 0 Å². The normalized spacial score (nSPS) is 26.0. The summed E-state index contributed by atoms with van der Waals surface area (Å²) in [4.78, 5) is 0. The lowest BCUT2D eigenvalue weighted by Crippen LogP contribution is -2.41. The number of hydrogen-bond acceptors (Lipinski definition) is 2. The number of halogens is 2. The summed E-state index contributed by atoms with van der Waals surface area (Å²) in [6.45, 7) is 2.15. The van der Waals surface area contributed by atoms with Gasteiger partial charge >= 0.3 is 0 Å². The summed E-state index contributed by atoms with van der Waals surface area (Å²) in [6, 6.07) is 5.59. The summed E-state index contributed by atoms with van der Waals surface area (Å²) in [5.41, 5.74) is 0.387. The number of hydrogen-bond donors (Lipinski definition) is 2. The van der Waals surface area contributed by atoms with Gasteiger partial charge < -0.3 is 10.4 Å². The third-order valence-corrected chi connectivity index (χ3v) is 4.03. The zero-order chi connectivity index (χ0) is 13.1. The van der Waals surface area contributed by atoms with Gasteiger partial charge in [0.2, 0.25) is 0 Å². The number of benzene rings is 1. The molecule has 0 aliphatic carbocycles. The molecule has 2 rings (SSSR count). The van der Waals surface area contributed by atoms with Gasteiger partial charge in [-0.05, 0) is 38.3 Å². The molecule has 0 aromatic heterocycles. The maximum Gasteiger partial charge on any atom is 0.130 e. The van der Waals surface area contributed by atoms with E-state index in [1.165, 1.54) is 18.9 Å². The van der Waals surface area contributed by atoms with Crippen LogP contribution in [0.4, 0.5) is 4.39 Å². The largest absolute Gasteiger partial charge is 0.388 e. The van der Waals surface area contributed by atoms with Crippen LogP contribution < -0.4 is 5.32 Å². The summed E-state index contributed by atoms with van der Waals surface area (Å²) in [7, 11) is 0. The van der Waals surface area contributed by atoms with Crippen molar-refractivity contribution in [2.45, 2.75) is 50.8 Å². The van der Waals surface area contributed by atoms with Gasteiger partial charge in [0.05, 0.1) is 6.10 Å². The molecule has 4 heteroatoms. The number of piperidine rings is 1. The van der Waals surface area contributed by atoms with Crippen LogP contribution in [0.5, 0.6) is 0 Å². The predicted molar refractivity (Wildman–Crippen MR) is 73.9 cm³/mol. The van der Waals surface area contributed by atoms with Crippen molar-refractivity contribution in [2.24, 2.45) is 0 Å².